The van der Waals surface area contributed by atoms with Gasteiger partial charge in [0, 0.05) is 11.1 Å². The second kappa shape index (κ2) is 4.94. The molecule has 0 amide bonds. The number of nitrogens with zero attached hydrogens (tertiary/aromatic N) is 2. The van der Waals surface area contributed by atoms with Crippen molar-refractivity contribution < 1.29 is 8.91 Å². The Morgan fingerprint density at radius 1 is 1.15 bits per heavy atom. The average molecular weight is 290 g/mol. The average Bonchev–Trinajstić information content (AvgIpc) is 2.92. The molecule has 0 saturated carbocycles. The number of halogens is 2. The van der Waals surface area contributed by atoms with E-state index in [1.807, 2.05) is 12.1 Å². The van der Waals surface area contributed by atoms with E-state index in [4.69, 9.17) is 21.9 Å². The van der Waals surface area contributed by atoms with Crippen LogP contribution in [-0.4, -0.2) is 10.1 Å². The second-order valence-electron chi connectivity index (χ2n) is 4.14. The van der Waals surface area contributed by atoms with Crippen molar-refractivity contribution in [3.8, 4) is 22.8 Å². The highest BCUT2D eigenvalue weighted by Gasteiger charge is 2.13. The Labute approximate surface area is 119 Å². The van der Waals surface area contributed by atoms with Gasteiger partial charge in [0.2, 0.25) is 5.82 Å². The molecule has 1 aromatic heterocycles. The van der Waals surface area contributed by atoms with Crippen LogP contribution < -0.4 is 5.73 Å². The maximum Gasteiger partial charge on any atom is 0.258 e. The van der Waals surface area contributed by atoms with Crippen molar-refractivity contribution in [1.29, 1.82) is 0 Å². The highest BCUT2D eigenvalue weighted by Crippen LogP contribution is 2.28. The summed E-state index contributed by atoms with van der Waals surface area (Å²) in [6, 6.07) is 11.4. The minimum absolute atomic E-state index is 0.0278. The highest BCUT2D eigenvalue weighted by molar-refractivity contribution is 6.33. The third-order valence-corrected chi connectivity index (χ3v) is 3.11. The first-order chi connectivity index (χ1) is 9.65. The van der Waals surface area contributed by atoms with Crippen molar-refractivity contribution in [2.45, 2.75) is 0 Å². The summed E-state index contributed by atoms with van der Waals surface area (Å²) in [7, 11) is 0. The fourth-order valence-electron chi connectivity index (χ4n) is 1.77. The van der Waals surface area contributed by atoms with Gasteiger partial charge in [-0.3, -0.25) is 0 Å². The molecule has 2 N–H and O–H groups in total. The standard InChI is InChI=1S/C14H9ClFN3O/c15-10-4-2-1-3-9(10)13-18-14(20-19-13)8-5-6-11(16)12(17)7-8/h1-7H,17H2. The molecule has 0 spiro atoms. The molecular formula is C14H9ClFN3O. The van der Waals surface area contributed by atoms with Crippen LogP contribution in [0.4, 0.5) is 10.1 Å². The molecule has 0 aliphatic carbocycles. The number of nitrogens with two attached hydrogens (primary N) is 1. The van der Waals surface area contributed by atoms with Gasteiger partial charge in [-0.25, -0.2) is 4.39 Å². The fraction of sp³-hybridized carbons (Fsp3) is 0. The number of aromatic nitrogens is 2. The van der Waals surface area contributed by atoms with Crippen LogP contribution in [0.1, 0.15) is 0 Å². The van der Waals surface area contributed by atoms with Gasteiger partial charge in [-0.05, 0) is 30.3 Å². The van der Waals surface area contributed by atoms with Crippen LogP contribution >= 0.6 is 11.6 Å². The number of hydrogen-bond acceptors (Lipinski definition) is 4. The summed E-state index contributed by atoms with van der Waals surface area (Å²) in [5.74, 6) is 0.139. The summed E-state index contributed by atoms with van der Waals surface area (Å²) in [6.45, 7) is 0. The maximum absolute atomic E-state index is 13.1. The van der Waals surface area contributed by atoms with E-state index in [2.05, 4.69) is 10.1 Å². The molecule has 0 aliphatic rings. The van der Waals surface area contributed by atoms with E-state index in [0.717, 1.165) is 0 Å². The second-order valence-corrected chi connectivity index (χ2v) is 4.55. The predicted octanol–water partition coefficient (Wildman–Crippen LogP) is 3.78. The number of hydrogen-bond donors (Lipinski definition) is 1. The van der Waals surface area contributed by atoms with Gasteiger partial charge in [0.05, 0.1) is 10.7 Å². The van der Waals surface area contributed by atoms with Crippen molar-refractivity contribution in [2.75, 3.05) is 5.73 Å². The van der Waals surface area contributed by atoms with Gasteiger partial charge < -0.3 is 10.3 Å². The van der Waals surface area contributed by atoms with E-state index in [0.29, 0.717) is 22.0 Å². The molecule has 3 aromatic rings. The van der Waals surface area contributed by atoms with Crippen LogP contribution in [0.2, 0.25) is 5.02 Å². The van der Waals surface area contributed by atoms with Crippen molar-refractivity contribution in [3.05, 3.63) is 53.3 Å². The number of anilines is 1. The minimum atomic E-state index is -0.486. The molecule has 4 nitrogen and oxygen atoms in total. The molecule has 0 fully saturated rings. The third kappa shape index (κ3) is 2.23. The van der Waals surface area contributed by atoms with Crippen LogP contribution in [0.15, 0.2) is 47.0 Å². The molecule has 2 aromatic carbocycles. The molecule has 0 atom stereocenters. The third-order valence-electron chi connectivity index (χ3n) is 2.78. The number of benzene rings is 2. The van der Waals surface area contributed by atoms with Crippen molar-refractivity contribution >= 4 is 17.3 Å². The van der Waals surface area contributed by atoms with E-state index in [-0.39, 0.29) is 11.6 Å². The molecule has 1 heterocycles. The van der Waals surface area contributed by atoms with E-state index < -0.39 is 5.82 Å². The van der Waals surface area contributed by atoms with Crippen LogP contribution in [0.5, 0.6) is 0 Å². The van der Waals surface area contributed by atoms with Crippen molar-refractivity contribution in [1.82, 2.24) is 10.1 Å². The van der Waals surface area contributed by atoms with Gasteiger partial charge in [-0.15, -0.1) is 0 Å². The Bertz CT molecular complexity index is 773. The maximum atomic E-state index is 13.1. The zero-order valence-corrected chi connectivity index (χ0v) is 10.9. The minimum Gasteiger partial charge on any atom is -0.396 e. The van der Waals surface area contributed by atoms with Crippen LogP contribution in [0.3, 0.4) is 0 Å². The summed E-state index contributed by atoms with van der Waals surface area (Å²) in [6.07, 6.45) is 0. The molecule has 100 valence electrons. The first-order valence-corrected chi connectivity index (χ1v) is 6.17. The van der Waals surface area contributed by atoms with E-state index >= 15 is 0 Å². The fourth-order valence-corrected chi connectivity index (χ4v) is 1.99. The SMILES string of the molecule is Nc1cc(-c2nc(-c3ccccc3Cl)no2)ccc1F. The lowest BCUT2D eigenvalue weighted by Gasteiger charge is -1.98. The number of rotatable bonds is 2. The first-order valence-electron chi connectivity index (χ1n) is 5.79. The lowest BCUT2D eigenvalue weighted by atomic mass is 10.2. The Kier molecular flexibility index (Phi) is 3.12. The normalized spacial score (nSPS) is 10.7. The molecular weight excluding hydrogens is 281 g/mol. The van der Waals surface area contributed by atoms with Crippen molar-refractivity contribution in [2.24, 2.45) is 0 Å². The molecule has 0 saturated heterocycles. The largest absolute Gasteiger partial charge is 0.396 e. The molecule has 3 rings (SSSR count). The predicted molar refractivity (Wildman–Crippen MR) is 74.6 cm³/mol. The van der Waals surface area contributed by atoms with E-state index in [9.17, 15) is 4.39 Å². The van der Waals surface area contributed by atoms with Gasteiger partial charge in [0.25, 0.3) is 5.89 Å². The summed E-state index contributed by atoms with van der Waals surface area (Å²) in [5, 5.41) is 4.40. The Morgan fingerprint density at radius 2 is 1.95 bits per heavy atom. The van der Waals surface area contributed by atoms with Crippen LogP contribution in [-0.2, 0) is 0 Å². The molecule has 0 aliphatic heterocycles. The zero-order chi connectivity index (χ0) is 14.1. The summed E-state index contributed by atoms with van der Waals surface area (Å²) < 4.78 is 18.3. The quantitative estimate of drug-likeness (QED) is 0.729. The zero-order valence-electron chi connectivity index (χ0n) is 10.2. The summed E-state index contributed by atoms with van der Waals surface area (Å²) >= 11 is 6.07. The lowest BCUT2D eigenvalue weighted by molar-refractivity contribution is 0.432. The summed E-state index contributed by atoms with van der Waals surface area (Å²) in [4.78, 5) is 4.24. The topological polar surface area (TPSA) is 64.9 Å². The van der Waals surface area contributed by atoms with Crippen LogP contribution in [0.25, 0.3) is 22.8 Å². The van der Waals surface area contributed by atoms with Gasteiger partial charge in [0.15, 0.2) is 0 Å². The molecule has 0 radical (unpaired) electrons. The van der Waals surface area contributed by atoms with Crippen molar-refractivity contribution in [3.63, 3.8) is 0 Å². The Balaban J connectivity index is 2.02. The van der Waals surface area contributed by atoms with E-state index in [1.54, 1.807) is 12.1 Å². The van der Waals surface area contributed by atoms with Crippen LogP contribution in [0, 0.1) is 5.82 Å². The van der Waals surface area contributed by atoms with Gasteiger partial charge in [-0.2, -0.15) is 4.98 Å². The molecule has 6 heteroatoms. The molecule has 20 heavy (non-hydrogen) atoms. The highest BCUT2D eigenvalue weighted by atomic mass is 35.5. The Morgan fingerprint density at radius 3 is 2.70 bits per heavy atom. The monoisotopic (exact) mass is 289 g/mol. The smallest absolute Gasteiger partial charge is 0.258 e. The summed E-state index contributed by atoms with van der Waals surface area (Å²) in [5.41, 5.74) is 6.76. The first kappa shape index (κ1) is 12.6. The lowest BCUT2D eigenvalue weighted by Crippen LogP contribution is -1.90. The van der Waals surface area contributed by atoms with Gasteiger partial charge in [0.1, 0.15) is 5.82 Å². The molecule has 0 bridgehead atoms. The Hall–Kier alpha value is -2.40. The van der Waals surface area contributed by atoms with Gasteiger partial charge >= 0.3 is 0 Å². The molecule has 0 unspecified atom stereocenters. The van der Waals surface area contributed by atoms with Gasteiger partial charge in [-0.1, -0.05) is 28.9 Å². The van der Waals surface area contributed by atoms with E-state index in [1.165, 1.54) is 18.2 Å². The number of nitrogen functional groups attached to an aromatic ring is 1.